The van der Waals surface area contributed by atoms with E-state index in [2.05, 4.69) is 12.0 Å². The highest BCUT2D eigenvalue weighted by atomic mass is 35.5. The van der Waals surface area contributed by atoms with Crippen LogP contribution in [-0.2, 0) is 16.9 Å². The van der Waals surface area contributed by atoms with Crippen LogP contribution in [0.5, 0.6) is 11.5 Å². The maximum absolute atomic E-state index is 12.3. The summed E-state index contributed by atoms with van der Waals surface area (Å²) in [5.74, 6) is 1.04. The first-order valence-electron chi connectivity index (χ1n) is 9.03. The van der Waals surface area contributed by atoms with E-state index in [4.69, 9.17) is 25.8 Å². The Kier molecular flexibility index (Phi) is 7.68. The highest BCUT2D eigenvalue weighted by molar-refractivity contribution is 6.31. The van der Waals surface area contributed by atoms with E-state index in [1.54, 1.807) is 0 Å². The van der Waals surface area contributed by atoms with E-state index in [1.807, 2.05) is 45.0 Å². The van der Waals surface area contributed by atoms with Crippen LogP contribution in [0.4, 0.5) is 0 Å². The Bertz CT molecular complexity index is 782. The number of hydrogen-bond acceptors (Lipinski definition) is 5. The quantitative estimate of drug-likeness (QED) is 0.601. The lowest BCUT2D eigenvalue weighted by atomic mass is 10.1. The molecule has 0 aliphatic rings. The summed E-state index contributed by atoms with van der Waals surface area (Å²) in [4.78, 5) is 12.3. The van der Waals surface area contributed by atoms with Gasteiger partial charge in [-0.05, 0) is 44.9 Å². The third-order valence-electron chi connectivity index (χ3n) is 3.68. The number of rotatable bonds is 9. The van der Waals surface area contributed by atoms with E-state index in [0.717, 1.165) is 24.3 Å². The Labute approximate surface area is 165 Å². The van der Waals surface area contributed by atoms with Gasteiger partial charge in [0.2, 0.25) is 0 Å². The van der Waals surface area contributed by atoms with Crippen molar-refractivity contribution >= 4 is 11.6 Å². The van der Waals surface area contributed by atoms with Crippen LogP contribution < -0.4 is 15.0 Å². The van der Waals surface area contributed by atoms with Gasteiger partial charge in [-0.3, -0.25) is 4.79 Å². The fourth-order valence-corrected chi connectivity index (χ4v) is 2.49. The molecule has 0 saturated carbocycles. The molecular weight excluding hydrogens is 368 g/mol. The predicted molar refractivity (Wildman–Crippen MR) is 106 cm³/mol. The van der Waals surface area contributed by atoms with Gasteiger partial charge >= 0.3 is 0 Å². The van der Waals surface area contributed by atoms with Crippen molar-refractivity contribution in [3.63, 3.8) is 0 Å². The van der Waals surface area contributed by atoms with Crippen molar-refractivity contribution in [3.05, 3.63) is 51.4 Å². The Balaban J connectivity index is 1.91. The van der Waals surface area contributed by atoms with Gasteiger partial charge < -0.3 is 14.2 Å². The van der Waals surface area contributed by atoms with E-state index < -0.39 is 5.54 Å². The molecule has 0 fully saturated rings. The largest absolute Gasteiger partial charge is 0.491 e. The number of halogens is 1. The second kappa shape index (κ2) is 9.76. The zero-order valence-corrected chi connectivity index (χ0v) is 17.1. The van der Waals surface area contributed by atoms with Crippen LogP contribution in [0.25, 0.3) is 0 Å². The summed E-state index contributed by atoms with van der Waals surface area (Å²) in [7, 11) is 0. The van der Waals surface area contributed by atoms with E-state index in [0.29, 0.717) is 13.2 Å². The lowest BCUT2D eigenvalue weighted by Gasteiger charge is -2.21. The standard InChI is InChI=1S/C20H27ClN2O4/c1-5-10-25-11-12-26-16-8-6-15(7-9-16)14-27-17-13-22-23(20(2,3)4)19(24)18(17)21/h6-9,13H,5,10-12,14H2,1-4H3. The normalized spacial score (nSPS) is 11.4. The maximum atomic E-state index is 12.3. The first-order chi connectivity index (χ1) is 12.8. The maximum Gasteiger partial charge on any atom is 0.289 e. The second-order valence-electron chi connectivity index (χ2n) is 7.10. The third kappa shape index (κ3) is 6.26. The van der Waals surface area contributed by atoms with Gasteiger partial charge in [-0.25, -0.2) is 4.68 Å². The lowest BCUT2D eigenvalue weighted by molar-refractivity contribution is 0.101. The Morgan fingerprint density at radius 1 is 1.07 bits per heavy atom. The van der Waals surface area contributed by atoms with Crippen molar-refractivity contribution in [2.45, 2.75) is 46.3 Å². The third-order valence-corrected chi connectivity index (χ3v) is 4.03. The van der Waals surface area contributed by atoms with Gasteiger partial charge in [0.25, 0.3) is 5.56 Å². The molecule has 1 aromatic heterocycles. The summed E-state index contributed by atoms with van der Waals surface area (Å²) in [6, 6.07) is 7.55. The summed E-state index contributed by atoms with van der Waals surface area (Å²) in [5.41, 5.74) is 0.118. The molecule has 6 nitrogen and oxygen atoms in total. The minimum Gasteiger partial charge on any atom is -0.491 e. The second-order valence-corrected chi connectivity index (χ2v) is 7.48. The average molecular weight is 395 g/mol. The molecule has 0 N–H and O–H groups in total. The van der Waals surface area contributed by atoms with Crippen LogP contribution in [0.1, 0.15) is 39.7 Å². The lowest BCUT2D eigenvalue weighted by Crippen LogP contribution is -2.36. The number of aromatic nitrogens is 2. The Morgan fingerprint density at radius 2 is 1.78 bits per heavy atom. The molecule has 0 unspecified atom stereocenters. The molecule has 0 amide bonds. The summed E-state index contributed by atoms with van der Waals surface area (Å²) in [6.45, 7) is 9.84. The molecule has 2 aromatic rings. The minimum atomic E-state index is -0.448. The molecule has 1 aromatic carbocycles. The highest BCUT2D eigenvalue weighted by Crippen LogP contribution is 2.22. The van der Waals surface area contributed by atoms with Crippen molar-refractivity contribution in [2.75, 3.05) is 19.8 Å². The van der Waals surface area contributed by atoms with E-state index in [1.165, 1.54) is 10.9 Å². The molecule has 0 bridgehead atoms. The SMILES string of the molecule is CCCOCCOc1ccc(COc2cnn(C(C)(C)C)c(=O)c2Cl)cc1. The van der Waals surface area contributed by atoms with Gasteiger partial charge in [0.15, 0.2) is 10.8 Å². The van der Waals surface area contributed by atoms with Crippen molar-refractivity contribution < 1.29 is 14.2 Å². The predicted octanol–water partition coefficient (Wildman–Crippen LogP) is 4.04. The van der Waals surface area contributed by atoms with Gasteiger partial charge in [0.05, 0.1) is 18.3 Å². The van der Waals surface area contributed by atoms with Crippen LogP contribution >= 0.6 is 11.6 Å². The number of nitrogens with zero attached hydrogens (tertiary/aromatic N) is 2. The Hall–Kier alpha value is -2.05. The number of hydrogen-bond donors (Lipinski definition) is 0. The van der Waals surface area contributed by atoms with Gasteiger partial charge in [0.1, 0.15) is 19.0 Å². The van der Waals surface area contributed by atoms with E-state index >= 15 is 0 Å². The highest BCUT2D eigenvalue weighted by Gasteiger charge is 2.19. The molecule has 27 heavy (non-hydrogen) atoms. The minimum absolute atomic E-state index is 0.0342. The summed E-state index contributed by atoms with van der Waals surface area (Å²) < 4.78 is 18.0. The summed E-state index contributed by atoms with van der Waals surface area (Å²) in [5, 5.41) is 4.19. The first kappa shape index (κ1) is 21.3. The molecule has 2 rings (SSSR count). The van der Waals surface area contributed by atoms with Gasteiger partial charge in [-0.15, -0.1) is 0 Å². The van der Waals surface area contributed by atoms with Gasteiger partial charge in [-0.2, -0.15) is 5.10 Å². The fraction of sp³-hybridized carbons (Fsp3) is 0.500. The molecule has 148 valence electrons. The molecule has 0 aliphatic heterocycles. The molecule has 0 spiro atoms. The molecule has 0 aliphatic carbocycles. The van der Waals surface area contributed by atoms with Crippen molar-refractivity contribution in [3.8, 4) is 11.5 Å². The monoisotopic (exact) mass is 394 g/mol. The zero-order chi connectivity index (χ0) is 19.9. The van der Waals surface area contributed by atoms with Crippen LogP contribution in [0.15, 0.2) is 35.3 Å². The van der Waals surface area contributed by atoms with Crippen molar-refractivity contribution in [2.24, 2.45) is 0 Å². The molecular formula is C20H27ClN2O4. The average Bonchev–Trinajstić information content (AvgIpc) is 2.63. The van der Waals surface area contributed by atoms with Gasteiger partial charge in [0, 0.05) is 6.61 Å². The molecule has 7 heteroatoms. The molecule has 1 heterocycles. The van der Waals surface area contributed by atoms with Crippen LogP contribution in [0.2, 0.25) is 5.02 Å². The first-order valence-corrected chi connectivity index (χ1v) is 9.41. The topological polar surface area (TPSA) is 62.6 Å². The smallest absolute Gasteiger partial charge is 0.289 e. The zero-order valence-electron chi connectivity index (χ0n) is 16.3. The van der Waals surface area contributed by atoms with E-state index in [-0.39, 0.29) is 22.9 Å². The van der Waals surface area contributed by atoms with E-state index in [9.17, 15) is 4.79 Å². The van der Waals surface area contributed by atoms with Crippen molar-refractivity contribution in [1.82, 2.24) is 9.78 Å². The summed E-state index contributed by atoms with van der Waals surface area (Å²) >= 11 is 6.16. The Morgan fingerprint density at radius 3 is 2.41 bits per heavy atom. The fourth-order valence-electron chi connectivity index (χ4n) is 2.30. The molecule has 0 saturated heterocycles. The van der Waals surface area contributed by atoms with Crippen LogP contribution in [-0.4, -0.2) is 29.6 Å². The van der Waals surface area contributed by atoms with Crippen LogP contribution in [0, 0.1) is 0 Å². The molecule has 0 atom stereocenters. The van der Waals surface area contributed by atoms with Crippen LogP contribution in [0.3, 0.4) is 0 Å². The summed E-state index contributed by atoms with van der Waals surface area (Å²) in [6.07, 6.45) is 2.47. The van der Waals surface area contributed by atoms with Crippen molar-refractivity contribution in [1.29, 1.82) is 0 Å². The number of benzene rings is 1. The molecule has 0 radical (unpaired) electrons. The number of ether oxygens (including phenoxy) is 3. The van der Waals surface area contributed by atoms with Gasteiger partial charge in [-0.1, -0.05) is 30.7 Å².